The van der Waals surface area contributed by atoms with Gasteiger partial charge in [0.05, 0.1) is 18.2 Å². The van der Waals surface area contributed by atoms with E-state index in [0.717, 1.165) is 48.9 Å². The van der Waals surface area contributed by atoms with Crippen LogP contribution in [0.25, 0.3) is 0 Å². The number of benzene rings is 2. The summed E-state index contributed by atoms with van der Waals surface area (Å²) in [4.78, 5) is 41.8. The number of urea groups is 1. The van der Waals surface area contributed by atoms with Crippen molar-refractivity contribution in [3.8, 4) is 0 Å². The van der Waals surface area contributed by atoms with E-state index in [1.807, 2.05) is 64.4 Å². The van der Waals surface area contributed by atoms with E-state index in [-0.39, 0.29) is 48.8 Å². The van der Waals surface area contributed by atoms with Crippen LogP contribution in [-0.2, 0) is 16.1 Å². The number of amides is 3. The number of fused-ring (bicyclic) bond motifs is 2. The highest BCUT2D eigenvalue weighted by atomic mass is 16.4. The van der Waals surface area contributed by atoms with E-state index in [1.54, 1.807) is 0 Å². The first-order valence-electron chi connectivity index (χ1n) is 12.3. The largest absolute Gasteiger partial charge is 0.481 e. The topological polar surface area (TPSA) is 90.0 Å². The van der Waals surface area contributed by atoms with Crippen molar-refractivity contribution in [1.29, 1.82) is 0 Å². The number of carboxylic acids is 1. The average Bonchev–Trinajstić information content (AvgIpc) is 3.57. The molecule has 7 heteroatoms. The molecule has 7 nitrogen and oxygen atoms in total. The second kappa shape index (κ2) is 9.49. The molecule has 3 atom stereocenters. The lowest BCUT2D eigenvalue weighted by Gasteiger charge is -2.47. The third-order valence-corrected chi connectivity index (χ3v) is 7.37. The molecule has 2 N–H and O–H groups in total. The number of carbonyl (C=O) groups excluding carboxylic acids is 2. The van der Waals surface area contributed by atoms with Crippen LogP contribution in [0.4, 0.5) is 10.5 Å². The summed E-state index contributed by atoms with van der Waals surface area (Å²) < 4.78 is 0. The molecule has 2 saturated carbocycles. The molecule has 178 valence electrons. The Kier molecular flexibility index (Phi) is 6.26. The fourth-order valence-corrected chi connectivity index (χ4v) is 5.78. The average molecular weight is 462 g/mol. The van der Waals surface area contributed by atoms with Gasteiger partial charge in [0.1, 0.15) is 0 Å². The number of para-hydroxylation sites is 1. The number of carboxylic acid groups (broad SMARTS) is 1. The first kappa shape index (κ1) is 22.4. The van der Waals surface area contributed by atoms with Gasteiger partial charge >= 0.3 is 12.0 Å². The van der Waals surface area contributed by atoms with Crippen LogP contribution in [0.2, 0.25) is 0 Å². The van der Waals surface area contributed by atoms with E-state index < -0.39 is 5.97 Å². The fourth-order valence-electron chi connectivity index (χ4n) is 5.78. The molecular weight excluding hydrogens is 430 g/mol. The van der Waals surface area contributed by atoms with Crippen LogP contribution in [0.15, 0.2) is 54.6 Å². The molecule has 2 aromatic rings. The maximum absolute atomic E-state index is 13.5. The third kappa shape index (κ3) is 4.39. The lowest BCUT2D eigenvalue weighted by Crippen LogP contribution is -2.55. The summed E-state index contributed by atoms with van der Waals surface area (Å²) in [5, 5.41) is 12.2. The highest BCUT2D eigenvalue weighted by molar-refractivity contribution is 5.94. The second-order valence-corrected chi connectivity index (χ2v) is 9.61. The minimum Gasteiger partial charge on any atom is -0.481 e. The molecule has 1 aliphatic heterocycles. The Bertz CT molecular complexity index is 1070. The summed E-state index contributed by atoms with van der Waals surface area (Å²) in [6, 6.07) is 17.7. The van der Waals surface area contributed by atoms with Crippen molar-refractivity contribution in [2.45, 2.75) is 69.6 Å². The minimum atomic E-state index is -0.951. The molecule has 2 aromatic carbocycles. The van der Waals surface area contributed by atoms with Crippen molar-refractivity contribution in [2.24, 2.45) is 5.92 Å². The quantitative estimate of drug-likeness (QED) is 0.636. The van der Waals surface area contributed by atoms with Gasteiger partial charge in [-0.15, -0.1) is 0 Å². The first-order chi connectivity index (χ1) is 16.5. The Morgan fingerprint density at radius 1 is 0.941 bits per heavy atom. The number of aliphatic carboxylic acids is 1. The number of hydrogen-bond acceptors (Lipinski definition) is 3. The van der Waals surface area contributed by atoms with Crippen LogP contribution in [0, 0.1) is 5.92 Å². The number of nitrogens with zero attached hydrogens (tertiary/aromatic N) is 2. The predicted octanol–water partition coefficient (Wildman–Crippen LogP) is 4.48. The zero-order valence-electron chi connectivity index (χ0n) is 19.2. The summed E-state index contributed by atoms with van der Waals surface area (Å²) >= 11 is 0. The Hall–Kier alpha value is -3.35. The molecule has 34 heavy (non-hydrogen) atoms. The molecule has 0 spiro atoms. The van der Waals surface area contributed by atoms with Crippen molar-refractivity contribution in [2.75, 3.05) is 4.90 Å². The molecule has 0 saturated heterocycles. The minimum absolute atomic E-state index is 0.0170. The maximum atomic E-state index is 13.5. The maximum Gasteiger partial charge on any atom is 0.322 e. The zero-order chi connectivity index (χ0) is 23.7. The van der Waals surface area contributed by atoms with Crippen molar-refractivity contribution in [3.63, 3.8) is 0 Å². The summed E-state index contributed by atoms with van der Waals surface area (Å²) in [6.07, 6.45) is 4.62. The van der Waals surface area contributed by atoms with Crippen LogP contribution in [0.1, 0.15) is 62.1 Å². The molecular formula is C27H31N3O4. The fraction of sp³-hybridized carbons (Fsp3) is 0.444. The van der Waals surface area contributed by atoms with Crippen LogP contribution in [0.5, 0.6) is 0 Å². The number of carbonyl (C=O) groups is 3. The molecule has 0 radical (unpaired) electrons. The highest BCUT2D eigenvalue weighted by Gasteiger charge is 2.51. The van der Waals surface area contributed by atoms with E-state index in [9.17, 15) is 14.4 Å². The van der Waals surface area contributed by atoms with Crippen LogP contribution in [-0.4, -0.2) is 40.0 Å². The Morgan fingerprint density at radius 2 is 1.68 bits per heavy atom. The van der Waals surface area contributed by atoms with Gasteiger partial charge in [-0.1, -0.05) is 55.0 Å². The van der Waals surface area contributed by atoms with Gasteiger partial charge in [0, 0.05) is 31.0 Å². The number of hydrogen-bond donors (Lipinski definition) is 2. The van der Waals surface area contributed by atoms with E-state index in [4.69, 9.17) is 5.11 Å². The third-order valence-electron chi connectivity index (χ3n) is 7.37. The summed E-state index contributed by atoms with van der Waals surface area (Å²) in [7, 11) is 0. The predicted molar refractivity (Wildman–Crippen MR) is 128 cm³/mol. The van der Waals surface area contributed by atoms with Gasteiger partial charge in [-0.25, -0.2) is 4.79 Å². The van der Waals surface area contributed by atoms with Gasteiger partial charge in [0.25, 0.3) is 0 Å². The molecule has 2 aliphatic carbocycles. The smallest absolute Gasteiger partial charge is 0.322 e. The molecule has 3 amide bonds. The van der Waals surface area contributed by atoms with Crippen molar-refractivity contribution in [3.05, 3.63) is 65.7 Å². The molecule has 0 aromatic heterocycles. The van der Waals surface area contributed by atoms with Crippen molar-refractivity contribution in [1.82, 2.24) is 10.2 Å². The lowest BCUT2D eigenvalue weighted by atomic mass is 9.81. The van der Waals surface area contributed by atoms with Crippen LogP contribution >= 0.6 is 0 Å². The zero-order valence-corrected chi connectivity index (χ0v) is 19.2. The lowest BCUT2D eigenvalue weighted by molar-refractivity contribution is -0.142. The molecule has 5 rings (SSSR count). The standard InChI is InChI=1S/C27H31N3O4/c31-24(15-16-25(32)33)29(19-13-14-19)26-20-9-4-5-11-22(20)30(23-12-6-10-21(23)26)27(34)28-17-18-7-2-1-3-8-18/h1-5,7-9,11,19,21,23,26H,6,10,12-17H2,(H,28,34)(H,32,33). The SMILES string of the molecule is O=C(O)CCC(=O)N(C1CC1)C1c2ccccc2N(C(=O)NCc2ccccc2)C2CCCC21. The summed E-state index contributed by atoms with van der Waals surface area (Å²) in [5.74, 6) is -0.891. The number of anilines is 1. The second-order valence-electron chi connectivity index (χ2n) is 9.61. The number of rotatable bonds is 7. The van der Waals surface area contributed by atoms with E-state index in [1.165, 1.54) is 0 Å². The van der Waals surface area contributed by atoms with Gasteiger partial charge in [0.15, 0.2) is 0 Å². The monoisotopic (exact) mass is 461 g/mol. The van der Waals surface area contributed by atoms with Gasteiger partial charge in [-0.3, -0.25) is 14.5 Å². The van der Waals surface area contributed by atoms with E-state index in [2.05, 4.69) is 5.32 Å². The highest BCUT2D eigenvalue weighted by Crippen LogP contribution is 2.52. The van der Waals surface area contributed by atoms with Crippen molar-refractivity contribution >= 4 is 23.6 Å². The molecule has 3 aliphatic rings. The Labute approximate surface area is 199 Å². The number of nitrogens with one attached hydrogen (secondary N) is 1. The van der Waals surface area contributed by atoms with Crippen LogP contribution < -0.4 is 10.2 Å². The van der Waals surface area contributed by atoms with Crippen LogP contribution in [0.3, 0.4) is 0 Å². The molecule has 1 heterocycles. The van der Waals surface area contributed by atoms with Gasteiger partial charge in [-0.2, -0.15) is 0 Å². The van der Waals surface area contributed by atoms with E-state index >= 15 is 0 Å². The first-order valence-corrected chi connectivity index (χ1v) is 12.3. The van der Waals surface area contributed by atoms with Crippen molar-refractivity contribution < 1.29 is 19.5 Å². The van der Waals surface area contributed by atoms with E-state index in [0.29, 0.717) is 6.54 Å². The van der Waals surface area contributed by atoms with Gasteiger partial charge < -0.3 is 15.3 Å². The molecule has 3 unspecified atom stereocenters. The van der Waals surface area contributed by atoms with Gasteiger partial charge in [-0.05, 0) is 42.9 Å². The summed E-state index contributed by atoms with van der Waals surface area (Å²) in [5.41, 5.74) is 2.90. The summed E-state index contributed by atoms with van der Waals surface area (Å²) in [6.45, 7) is 0.459. The Balaban J connectivity index is 1.46. The normalized spacial score (nSPS) is 23.1. The molecule has 2 fully saturated rings. The molecule has 0 bridgehead atoms. The van der Waals surface area contributed by atoms with Gasteiger partial charge in [0.2, 0.25) is 5.91 Å². The Morgan fingerprint density at radius 3 is 2.41 bits per heavy atom.